The number of carbonyl (C=O) groups is 2. The van der Waals surface area contributed by atoms with Crippen LogP contribution in [0.3, 0.4) is 0 Å². The van der Waals surface area contributed by atoms with Crippen molar-refractivity contribution in [3.63, 3.8) is 0 Å². The first-order valence-corrected chi connectivity index (χ1v) is 11.4. The first-order valence-electron chi connectivity index (χ1n) is 11.4. The predicted octanol–water partition coefficient (Wildman–Crippen LogP) is 0.378. The van der Waals surface area contributed by atoms with E-state index in [4.69, 9.17) is 23.7 Å². The maximum absolute atomic E-state index is 12.5. The van der Waals surface area contributed by atoms with Crippen molar-refractivity contribution in [2.45, 2.75) is 43.4 Å². The highest BCUT2D eigenvalue weighted by atomic mass is 16.8. The Bertz CT molecular complexity index is 1020. The van der Waals surface area contributed by atoms with Gasteiger partial charge in [0.05, 0.1) is 25.0 Å². The van der Waals surface area contributed by atoms with Crippen molar-refractivity contribution in [2.75, 3.05) is 13.2 Å². The van der Waals surface area contributed by atoms with Gasteiger partial charge in [-0.05, 0) is 30.2 Å². The molecule has 8 atom stereocenters. The Labute approximate surface area is 206 Å². The lowest BCUT2D eigenvalue weighted by Crippen LogP contribution is -2.61. The van der Waals surface area contributed by atoms with Crippen molar-refractivity contribution < 1.29 is 53.7 Å². The van der Waals surface area contributed by atoms with E-state index >= 15 is 0 Å². The molecule has 11 nitrogen and oxygen atoms in total. The van der Waals surface area contributed by atoms with Crippen LogP contribution in [0.4, 0.5) is 0 Å². The molecule has 0 saturated carbocycles. The quantitative estimate of drug-likeness (QED) is 0.231. The van der Waals surface area contributed by atoms with Gasteiger partial charge in [-0.2, -0.15) is 0 Å². The Balaban J connectivity index is 1.51. The zero-order valence-corrected chi connectivity index (χ0v) is 19.2. The molecule has 1 aromatic rings. The zero-order valence-electron chi connectivity index (χ0n) is 19.2. The second-order valence-corrected chi connectivity index (χ2v) is 8.59. The third kappa shape index (κ3) is 5.45. The molecule has 11 heteroatoms. The molecule has 4 N–H and O–H groups in total. The molecule has 4 rings (SSSR count). The van der Waals surface area contributed by atoms with Gasteiger partial charge in [0, 0.05) is 17.9 Å². The summed E-state index contributed by atoms with van der Waals surface area (Å²) in [5, 5.41) is 39.9. The van der Waals surface area contributed by atoms with E-state index in [1.54, 1.807) is 18.2 Å². The summed E-state index contributed by atoms with van der Waals surface area (Å²) >= 11 is 0. The molecule has 194 valence electrons. The van der Waals surface area contributed by atoms with Gasteiger partial charge in [-0.1, -0.05) is 18.2 Å². The lowest BCUT2D eigenvalue weighted by Gasteiger charge is -2.44. The van der Waals surface area contributed by atoms with Gasteiger partial charge < -0.3 is 44.1 Å². The van der Waals surface area contributed by atoms with Crippen LogP contribution in [0, 0.1) is 11.8 Å². The number of aliphatic hydroxyl groups is 3. The molecule has 0 amide bonds. The summed E-state index contributed by atoms with van der Waals surface area (Å²) in [6.07, 6.45) is -2.47. The second-order valence-electron chi connectivity index (χ2n) is 8.59. The van der Waals surface area contributed by atoms with Crippen molar-refractivity contribution in [1.82, 2.24) is 0 Å². The fourth-order valence-corrected chi connectivity index (χ4v) is 4.37. The monoisotopic (exact) mass is 504 g/mol. The Morgan fingerprint density at radius 3 is 2.61 bits per heavy atom. The van der Waals surface area contributed by atoms with Gasteiger partial charge in [0.2, 0.25) is 12.6 Å². The molecule has 0 bridgehead atoms. The second kappa shape index (κ2) is 11.2. The highest BCUT2D eigenvalue weighted by molar-refractivity contribution is 5.89. The van der Waals surface area contributed by atoms with Crippen molar-refractivity contribution in [3.05, 3.63) is 60.4 Å². The van der Waals surface area contributed by atoms with Gasteiger partial charge in [0.1, 0.15) is 24.1 Å². The summed E-state index contributed by atoms with van der Waals surface area (Å²) < 4.78 is 27.6. The molecule has 2 fully saturated rings. The summed E-state index contributed by atoms with van der Waals surface area (Å²) in [4.78, 5) is 24.6. The Morgan fingerprint density at radius 2 is 1.92 bits per heavy atom. The molecule has 0 unspecified atom stereocenters. The lowest BCUT2D eigenvalue weighted by molar-refractivity contribution is -0.340. The van der Waals surface area contributed by atoms with Gasteiger partial charge >= 0.3 is 11.9 Å². The number of phenolic OH excluding ortho intramolecular Hbond substituents is 1. The molecule has 0 aliphatic carbocycles. The SMILES string of the molecule is C=C[C@H]1[C@H](O[C@@H]2O[C@H](CO)[C@@H](O)[C@H](O)[C@H]2OC(=O)/C=C/c2ccc(O)cc2)OC=C2C(=O)OCC[C@H]21. The largest absolute Gasteiger partial charge is 0.508 e. The number of aromatic hydroxyl groups is 1. The summed E-state index contributed by atoms with van der Waals surface area (Å²) in [6, 6.07) is 6.06. The number of hydrogen-bond donors (Lipinski definition) is 4. The topological polar surface area (TPSA) is 161 Å². The van der Waals surface area contributed by atoms with Gasteiger partial charge in [0.25, 0.3) is 0 Å². The molecular formula is C25H28O11. The van der Waals surface area contributed by atoms with E-state index in [1.165, 1.54) is 24.5 Å². The predicted molar refractivity (Wildman–Crippen MR) is 122 cm³/mol. The zero-order chi connectivity index (χ0) is 25.8. The van der Waals surface area contributed by atoms with E-state index < -0.39 is 61.5 Å². The normalized spacial score (nSPS) is 34.2. The number of aliphatic hydroxyl groups excluding tert-OH is 3. The summed E-state index contributed by atoms with van der Waals surface area (Å²) in [6.45, 7) is 3.40. The van der Waals surface area contributed by atoms with Gasteiger partial charge in [-0.15, -0.1) is 6.58 Å². The maximum atomic E-state index is 12.5. The summed E-state index contributed by atoms with van der Waals surface area (Å²) in [7, 11) is 0. The van der Waals surface area contributed by atoms with E-state index in [2.05, 4.69) is 6.58 Å². The van der Waals surface area contributed by atoms with Gasteiger partial charge in [-0.25, -0.2) is 9.59 Å². The fourth-order valence-electron chi connectivity index (χ4n) is 4.37. The van der Waals surface area contributed by atoms with E-state index in [-0.39, 0.29) is 18.3 Å². The van der Waals surface area contributed by atoms with E-state index in [0.29, 0.717) is 17.6 Å². The molecule has 0 aromatic heterocycles. The van der Waals surface area contributed by atoms with Gasteiger partial charge in [0.15, 0.2) is 6.10 Å². The molecule has 36 heavy (non-hydrogen) atoms. The van der Waals surface area contributed by atoms with Crippen molar-refractivity contribution in [3.8, 4) is 5.75 Å². The number of hydrogen-bond acceptors (Lipinski definition) is 11. The highest BCUT2D eigenvalue weighted by Crippen LogP contribution is 2.39. The van der Waals surface area contributed by atoms with Crippen LogP contribution >= 0.6 is 0 Å². The molecule has 2 saturated heterocycles. The van der Waals surface area contributed by atoms with Crippen LogP contribution in [0.5, 0.6) is 5.75 Å². The number of carbonyl (C=O) groups excluding carboxylic acids is 2. The standard InChI is InChI=1S/C25H28O11/c1-2-15-16-9-10-32-23(31)17(16)12-33-24(15)36-25-22(21(30)20(29)18(11-26)34-25)35-19(28)8-5-13-3-6-14(27)7-4-13/h2-8,12,15-16,18,20-22,24-27,29-30H,1,9-11H2/b8-5+/t15-,16+,18-,20-,21+,22-,24+,25+/m1/s1. The van der Waals surface area contributed by atoms with Crippen molar-refractivity contribution in [1.29, 1.82) is 0 Å². The van der Waals surface area contributed by atoms with Crippen LogP contribution in [-0.4, -0.2) is 82.6 Å². The number of rotatable bonds is 7. The third-order valence-electron chi connectivity index (χ3n) is 6.33. The average molecular weight is 504 g/mol. The van der Waals surface area contributed by atoms with Crippen LogP contribution in [-0.2, 0) is 33.3 Å². The highest BCUT2D eigenvalue weighted by Gasteiger charge is 2.50. The summed E-state index contributed by atoms with van der Waals surface area (Å²) in [5.41, 5.74) is 0.956. The minimum atomic E-state index is -1.64. The molecule has 1 aromatic carbocycles. The molecule has 0 spiro atoms. The number of benzene rings is 1. The third-order valence-corrected chi connectivity index (χ3v) is 6.33. The van der Waals surface area contributed by atoms with Crippen LogP contribution in [0.1, 0.15) is 12.0 Å². The Kier molecular flexibility index (Phi) is 8.07. The maximum Gasteiger partial charge on any atom is 0.337 e. The molecule has 3 aliphatic rings. The molecule has 0 radical (unpaired) electrons. The number of phenols is 1. The minimum absolute atomic E-state index is 0.0689. The fraction of sp³-hybridized carbons (Fsp3) is 0.440. The minimum Gasteiger partial charge on any atom is -0.508 e. The van der Waals surface area contributed by atoms with Crippen molar-refractivity contribution in [2.24, 2.45) is 11.8 Å². The summed E-state index contributed by atoms with van der Waals surface area (Å²) in [5.74, 6) is -2.06. The smallest absolute Gasteiger partial charge is 0.337 e. The van der Waals surface area contributed by atoms with Crippen LogP contribution in [0.15, 0.2) is 54.8 Å². The number of fused-ring (bicyclic) bond motifs is 1. The molecular weight excluding hydrogens is 476 g/mol. The van der Waals surface area contributed by atoms with Crippen LogP contribution < -0.4 is 0 Å². The molecule has 3 heterocycles. The van der Waals surface area contributed by atoms with Gasteiger partial charge in [-0.3, -0.25) is 0 Å². The van der Waals surface area contributed by atoms with E-state index in [9.17, 15) is 30.0 Å². The first-order chi connectivity index (χ1) is 17.3. The Hall–Kier alpha value is -3.22. The first kappa shape index (κ1) is 25.9. The number of cyclic esters (lactones) is 1. The van der Waals surface area contributed by atoms with Crippen molar-refractivity contribution >= 4 is 18.0 Å². The van der Waals surface area contributed by atoms with E-state index in [0.717, 1.165) is 6.08 Å². The number of esters is 2. The molecule has 3 aliphatic heterocycles. The lowest BCUT2D eigenvalue weighted by atomic mass is 9.81. The van der Waals surface area contributed by atoms with Crippen LogP contribution in [0.25, 0.3) is 6.08 Å². The van der Waals surface area contributed by atoms with Crippen LogP contribution in [0.2, 0.25) is 0 Å². The number of ether oxygens (including phenoxy) is 5. The van der Waals surface area contributed by atoms with E-state index in [1.807, 2.05) is 0 Å². The average Bonchev–Trinajstić information content (AvgIpc) is 2.88. The Morgan fingerprint density at radius 1 is 1.17 bits per heavy atom.